The second-order valence-electron chi connectivity index (χ2n) is 3.83. The van der Waals surface area contributed by atoms with Crippen LogP contribution < -0.4 is 11.3 Å². The summed E-state index contributed by atoms with van der Waals surface area (Å²) >= 11 is 9.57. The van der Waals surface area contributed by atoms with Gasteiger partial charge in [-0.15, -0.1) is 0 Å². The molecule has 0 spiro atoms. The van der Waals surface area contributed by atoms with Crippen molar-refractivity contribution >= 4 is 27.5 Å². The van der Waals surface area contributed by atoms with Crippen LogP contribution in [-0.4, -0.2) is 10.2 Å². The minimum Gasteiger partial charge on any atom is -0.271 e. The van der Waals surface area contributed by atoms with E-state index in [1.165, 1.54) is 0 Å². The molecule has 0 saturated heterocycles. The highest BCUT2D eigenvalue weighted by Gasteiger charge is 2.12. The van der Waals surface area contributed by atoms with Crippen LogP contribution in [0.15, 0.2) is 41.1 Å². The van der Waals surface area contributed by atoms with Crippen LogP contribution in [-0.2, 0) is 6.42 Å². The molecule has 0 radical (unpaired) electrons. The Morgan fingerprint density at radius 3 is 2.78 bits per heavy atom. The molecular formula is C12H12BrClN4. The van der Waals surface area contributed by atoms with E-state index < -0.39 is 0 Å². The van der Waals surface area contributed by atoms with Gasteiger partial charge in [0.2, 0.25) is 0 Å². The Morgan fingerprint density at radius 2 is 2.17 bits per heavy atom. The molecule has 4 nitrogen and oxygen atoms in total. The number of hydrazine groups is 1. The average molecular weight is 328 g/mol. The van der Waals surface area contributed by atoms with Gasteiger partial charge in [0.15, 0.2) is 0 Å². The summed E-state index contributed by atoms with van der Waals surface area (Å²) in [4.78, 5) is 0. The van der Waals surface area contributed by atoms with Gasteiger partial charge in [-0.25, -0.2) is 0 Å². The molecule has 2 rings (SSSR count). The van der Waals surface area contributed by atoms with E-state index in [9.17, 15) is 0 Å². The van der Waals surface area contributed by atoms with Gasteiger partial charge in [-0.3, -0.25) is 11.3 Å². The van der Waals surface area contributed by atoms with Crippen molar-refractivity contribution in [3.63, 3.8) is 0 Å². The zero-order valence-electron chi connectivity index (χ0n) is 9.48. The number of nitrogens with two attached hydrogens (primary N) is 1. The largest absolute Gasteiger partial charge is 0.271 e. The molecule has 1 aromatic carbocycles. The molecule has 1 heterocycles. The first-order valence-corrected chi connectivity index (χ1v) is 6.54. The van der Waals surface area contributed by atoms with Crippen LogP contribution in [0, 0.1) is 0 Å². The van der Waals surface area contributed by atoms with Crippen molar-refractivity contribution in [1.29, 1.82) is 0 Å². The van der Waals surface area contributed by atoms with Crippen LogP contribution in [0.3, 0.4) is 0 Å². The molecular weight excluding hydrogens is 316 g/mol. The topological polar surface area (TPSA) is 63.8 Å². The fraction of sp³-hybridized carbons (Fsp3) is 0.167. The Balaban J connectivity index is 2.21. The number of nitrogens with zero attached hydrogens (tertiary/aromatic N) is 2. The molecule has 0 aliphatic carbocycles. The van der Waals surface area contributed by atoms with E-state index in [4.69, 9.17) is 17.4 Å². The van der Waals surface area contributed by atoms with Gasteiger partial charge in [-0.1, -0.05) is 33.6 Å². The quantitative estimate of drug-likeness (QED) is 0.669. The van der Waals surface area contributed by atoms with Crippen LogP contribution >= 0.6 is 27.5 Å². The summed E-state index contributed by atoms with van der Waals surface area (Å²) in [5.74, 6) is 5.58. The fourth-order valence-corrected chi connectivity index (χ4v) is 2.44. The zero-order valence-corrected chi connectivity index (χ0v) is 11.8. The summed E-state index contributed by atoms with van der Waals surface area (Å²) in [6, 6.07) is 7.64. The second kappa shape index (κ2) is 6.24. The first-order valence-electron chi connectivity index (χ1n) is 5.37. The van der Waals surface area contributed by atoms with Crippen molar-refractivity contribution in [2.45, 2.75) is 12.5 Å². The predicted molar refractivity (Wildman–Crippen MR) is 75.0 cm³/mol. The highest BCUT2D eigenvalue weighted by Crippen LogP contribution is 2.25. The zero-order chi connectivity index (χ0) is 13.0. The van der Waals surface area contributed by atoms with E-state index in [1.807, 2.05) is 24.3 Å². The lowest BCUT2D eigenvalue weighted by molar-refractivity contribution is 0.549. The van der Waals surface area contributed by atoms with Crippen LogP contribution in [0.1, 0.15) is 17.2 Å². The molecule has 6 heteroatoms. The average Bonchev–Trinajstić information content (AvgIpc) is 2.39. The van der Waals surface area contributed by atoms with Gasteiger partial charge in [-0.05, 0) is 35.7 Å². The Bertz CT molecular complexity index is 521. The van der Waals surface area contributed by atoms with Crippen molar-refractivity contribution < 1.29 is 0 Å². The molecule has 1 aromatic heterocycles. The number of hydrogen-bond acceptors (Lipinski definition) is 4. The first-order chi connectivity index (χ1) is 8.70. The number of aromatic nitrogens is 2. The fourth-order valence-electron chi connectivity index (χ4n) is 1.69. The number of hydrogen-bond donors (Lipinski definition) is 2. The molecule has 0 aliphatic rings. The van der Waals surface area contributed by atoms with Crippen molar-refractivity contribution in [2.75, 3.05) is 0 Å². The van der Waals surface area contributed by atoms with Gasteiger partial charge in [0, 0.05) is 15.7 Å². The van der Waals surface area contributed by atoms with E-state index in [2.05, 4.69) is 31.6 Å². The third-order valence-corrected chi connectivity index (χ3v) is 3.49. The van der Waals surface area contributed by atoms with Gasteiger partial charge in [0.25, 0.3) is 0 Å². The van der Waals surface area contributed by atoms with E-state index in [0.717, 1.165) is 15.6 Å². The minimum absolute atomic E-state index is 0.0424. The number of nitrogens with one attached hydrogen (secondary N) is 1. The van der Waals surface area contributed by atoms with Crippen LogP contribution in [0.2, 0.25) is 5.02 Å². The summed E-state index contributed by atoms with van der Waals surface area (Å²) < 4.78 is 0.957. The molecule has 0 amide bonds. The lowest BCUT2D eigenvalue weighted by Gasteiger charge is -2.16. The smallest absolute Gasteiger partial charge is 0.0544 e. The van der Waals surface area contributed by atoms with E-state index in [-0.39, 0.29) is 6.04 Å². The molecule has 0 fully saturated rings. The van der Waals surface area contributed by atoms with Crippen LogP contribution in [0.5, 0.6) is 0 Å². The predicted octanol–water partition coefficient (Wildman–Crippen LogP) is 2.64. The normalized spacial score (nSPS) is 12.4. The summed E-state index contributed by atoms with van der Waals surface area (Å²) in [6.45, 7) is 0. The highest BCUT2D eigenvalue weighted by molar-refractivity contribution is 9.10. The SMILES string of the molecule is NNC(Cc1ccc(Br)cc1Cl)c1ccnnc1. The molecule has 0 bridgehead atoms. The standard InChI is InChI=1S/C12H12BrClN4/c13-10-2-1-8(11(14)6-10)5-12(18-15)9-3-4-16-17-7-9/h1-4,6-7,12,18H,5,15H2. The Labute approximate surface area is 119 Å². The monoisotopic (exact) mass is 326 g/mol. The second-order valence-corrected chi connectivity index (χ2v) is 5.16. The third kappa shape index (κ3) is 3.26. The lowest BCUT2D eigenvalue weighted by atomic mass is 10.0. The van der Waals surface area contributed by atoms with Crippen molar-refractivity contribution in [2.24, 2.45) is 5.84 Å². The van der Waals surface area contributed by atoms with Gasteiger partial charge >= 0.3 is 0 Å². The Morgan fingerprint density at radius 1 is 1.33 bits per heavy atom. The molecule has 0 saturated carbocycles. The molecule has 2 aromatic rings. The molecule has 1 atom stereocenters. The molecule has 18 heavy (non-hydrogen) atoms. The van der Waals surface area contributed by atoms with E-state index in [1.54, 1.807) is 12.4 Å². The van der Waals surface area contributed by atoms with Crippen molar-refractivity contribution in [1.82, 2.24) is 15.6 Å². The van der Waals surface area contributed by atoms with Crippen LogP contribution in [0.4, 0.5) is 0 Å². The number of rotatable bonds is 4. The lowest BCUT2D eigenvalue weighted by Crippen LogP contribution is -2.29. The molecule has 3 N–H and O–H groups in total. The maximum Gasteiger partial charge on any atom is 0.0544 e. The van der Waals surface area contributed by atoms with Crippen molar-refractivity contribution in [3.05, 3.63) is 57.3 Å². The number of halogens is 2. The van der Waals surface area contributed by atoms with Gasteiger partial charge in [-0.2, -0.15) is 10.2 Å². The maximum absolute atomic E-state index is 6.19. The molecule has 94 valence electrons. The van der Waals surface area contributed by atoms with Gasteiger partial charge in [0.05, 0.1) is 12.2 Å². The summed E-state index contributed by atoms with van der Waals surface area (Å²) in [6.07, 6.45) is 4.02. The third-order valence-electron chi connectivity index (χ3n) is 2.65. The first kappa shape index (κ1) is 13.4. The Kier molecular flexibility index (Phi) is 4.66. The summed E-state index contributed by atoms with van der Waals surface area (Å²) in [5.41, 5.74) is 4.78. The van der Waals surface area contributed by atoms with E-state index in [0.29, 0.717) is 11.4 Å². The van der Waals surface area contributed by atoms with E-state index >= 15 is 0 Å². The summed E-state index contributed by atoms with van der Waals surface area (Å²) in [5, 5.41) is 8.31. The Hall–Kier alpha value is -1.01. The highest BCUT2D eigenvalue weighted by atomic mass is 79.9. The number of benzene rings is 1. The maximum atomic E-state index is 6.19. The molecule has 0 aliphatic heterocycles. The molecule has 1 unspecified atom stereocenters. The van der Waals surface area contributed by atoms with Gasteiger partial charge in [0.1, 0.15) is 0 Å². The minimum atomic E-state index is -0.0424. The van der Waals surface area contributed by atoms with Crippen molar-refractivity contribution in [3.8, 4) is 0 Å². The van der Waals surface area contributed by atoms with Gasteiger partial charge < -0.3 is 0 Å². The van der Waals surface area contributed by atoms with Crippen LogP contribution in [0.25, 0.3) is 0 Å². The summed E-state index contributed by atoms with van der Waals surface area (Å²) in [7, 11) is 0.